The summed E-state index contributed by atoms with van der Waals surface area (Å²) in [6, 6.07) is 18.3. The molecule has 0 saturated carbocycles. The molecule has 2 aliphatic rings. The van der Waals surface area contributed by atoms with E-state index in [0.717, 1.165) is 5.56 Å². The molecule has 0 amide bonds. The molecule has 4 rings (SSSR count). The molecule has 2 aromatic carbocycles. The van der Waals surface area contributed by atoms with Crippen molar-refractivity contribution in [3.8, 4) is 0 Å². The Kier molecular flexibility index (Phi) is 5.12. The lowest BCUT2D eigenvalue weighted by molar-refractivity contribution is -0.0704. The number of hydrogen-bond acceptors (Lipinski definition) is 5. The van der Waals surface area contributed by atoms with E-state index in [9.17, 15) is 18.3 Å². The van der Waals surface area contributed by atoms with Crippen LogP contribution >= 0.6 is 0 Å². The first-order valence-corrected chi connectivity index (χ1v) is 11.5. The number of likely N-dealkylation sites (tertiary alicyclic amines) is 1. The Morgan fingerprint density at radius 2 is 1.68 bits per heavy atom. The average molecular weight is 400 g/mol. The summed E-state index contributed by atoms with van der Waals surface area (Å²) in [6.45, 7) is 0.934. The van der Waals surface area contributed by atoms with Gasteiger partial charge in [0.1, 0.15) is 5.60 Å². The van der Waals surface area contributed by atoms with Gasteiger partial charge >= 0.3 is 0 Å². The largest absolute Gasteiger partial charge is 0.384 e. The maximum Gasteiger partial charge on any atom is 0.170 e. The van der Waals surface area contributed by atoms with Crippen molar-refractivity contribution in [3.05, 3.63) is 71.8 Å². The lowest BCUT2D eigenvalue weighted by atomic mass is 9.72. The molecule has 2 fully saturated rings. The smallest absolute Gasteiger partial charge is 0.170 e. The van der Waals surface area contributed by atoms with Crippen LogP contribution in [-0.4, -0.2) is 54.8 Å². The molecular formula is C22H25NO4S. The summed E-state index contributed by atoms with van der Waals surface area (Å²) in [5, 5.41) is 11.6. The fourth-order valence-corrected chi connectivity index (χ4v) is 6.30. The van der Waals surface area contributed by atoms with Crippen molar-refractivity contribution < 1.29 is 18.3 Å². The number of carbonyl (C=O) groups excluding carboxylic acids is 1. The van der Waals surface area contributed by atoms with Crippen molar-refractivity contribution in [3.63, 3.8) is 0 Å². The van der Waals surface area contributed by atoms with Crippen molar-refractivity contribution in [2.24, 2.45) is 5.92 Å². The number of piperidine rings is 1. The van der Waals surface area contributed by atoms with Crippen molar-refractivity contribution in [1.82, 2.24) is 4.90 Å². The third-order valence-electron chi connectivity index (χ3n) is 6.15. The fraction of sp³-hybridized carbons (Fsp3) is 0.409. The molecule has 2 aliphatic heterocycles. The molecule has 6 heteroatoms. The van der Waals surface area contributed by atoms with E-state index >= 15 is 0 Å². The van der Waals surface area contributed by atoms with Crippen molar-refractivity contribution in [1.29, 1.82) is 0 Å². The van der Waals surface area contributed by atoms with Gasteiger partial charge in [0.2, 0.25) is 0 Å². The molecule has 148 valence electrons. The van der Waals surface area contributed by atoms with Gasteiger partial charge in [0.05, 0.1) is 17.4 Å². The van der Waals surface area contributed by atoms with Crippen LogP contribution in [0.2, 0.25) is 0 Å². The predicted octanol–water partition coefficient (Wildman–Crippen LogP) is 2.27. The number of benzene rings is 2. The van der Waals surface area contributed by atoms with Gasteiger partial charge in [-0.3, -0.25) is 9.69 Å². The number of rotatable bonds is 4. The number of sulfone groups is 1. The molecule has 0 aromatic heterocycles. The zero-order chi connectivity index (χ0) is 19.8. The molecule has 3 atom stereocenters. The summed E-state index contributed by atoms with van der Waals surface area (Å²) >= 11 is 0. The molecule has 5 nitrogen and oxygen atoms in total. The predicted molar refractivity (Wildman–Crippen MR) is 108 cm³/mol. The van der Waals surface area contributed by atoms with Crippen molar-refractivity contribution in [2.75, 3.05) is 24.6 Å². The topological polar surface area (TPSA) is 74.7 Å². The molecule has 1 N–H and O–H groups in total. The molecule has 0 aliphatic carbocycles. The minimum Gasteiger partial charge on any atom is -0.384 e. The van der Waals surface area contributed by atoms with Crippen molar-refractivity contribution in [2.45, 2.75) is 24.5 Å². The molecule has 28 heavy (non-hydrogen) atoms. The van der Waals surface area contributed by atoms with Crippen LogP contribution in [0.5, 0.6) is 0 Å². The molecule has 0 radical (unpaired) electrons. The second-order valence-corrected chi connectivity index (χ2v) is 10.1. The summed E-state index contributed by atoms with van der Waals surface area (Å²) in [5.74, 6) is -0.399. The minimum absolute atomic E-state index is 0.0728. The van der Waals surface area contributed by atoms with Gasteiger partial charge in [-0.25, -0.2) is 8.42 Å². The van der Waals surface area contributed by atoms with E-state index in [4.69, 9.17) is 0 Å². The maximum atomic E-state index is 13.4. The lowest BCUT2D eigenvalue weighted by Gasteiger charge is -2.46. The summed E-state index contributed by atoms with van der Waals surface area (Å²) in [7, 11) is -3.00. The highest BCUT2D eigenvalue weighted by molar-refractivity contribution is 7.91. The third kappa shape index (κ3) is 3.64. The number of Topliss-reactive ketones (excluding diaryl/α,β-unsaturated/α-hetero) is 1. The van der Waals surface area contributed by atoms with Gasteiger partial charge in [0.25, 0.3) is 0 Å². The number of nitrogens with zero attached hydrogens (tertiary/aromatic N) is 1. The molecule has 0 bridgehead atoms. The van der Waals surface area contributed by atoms with Gasteiger partial charge in [-0.2, -0.15) is 0 Å². The van der Waals surface area contributed by atoms with Crippen molar-refractivity contribution >= 4 is 15.6 Å². The molecule has 0 unspecified atom stereocenters. The second kappa shape index (κ2) is 7.43. The fourth-order valence-electron chi connectivity index (χ4n) is 4.54. The van der Waals surface area contributed by atoms with Crippen LogP contribution in [0.4, 0.5) is 0 Å². The van der Waals surface area contributed by atoms with Gasteiger partial charge in [0, 0.05) is 24.7 Å². The number of hydrogen-bond donors (Lipinski definition) is 1. The minimum atomic E-state index is -3.00. The van der Waals surface area contributed by atoms with Gasteiger partial charge in [-0.1, -0.05) is 60.7 Å². The second-order valence-electron chi connectivity index (χ2n) is 7.87. The average Bonchev–Trinajstić information content (AvgIpc) is 3.09. The normalized spacial score (nSPS) is 30.2. The number of aliphatic hydroxyl groups is 1. The van der Waals surface area contributed by atoms with Crippen LogP contribution in [0.15, 0.2) is 60.7 Å². The molecule has 0 spiro atoms. The lowest BCUT2D eigenvalue weighted by Crippen LogP contribution is -2.55. The van der Waals surface area contributed by atoms with Crippen LogP contribution in [0, 0.1) is 5.92 Å². The summed E-state index contributed by atoms with van der Waals surface area (Å²) in [4.78, 5) is 15.5. The van der Waals surface area contributed by atoms with E-state index < -0.39 is 21.4 Å². The molecule has 2 heterocycles. The van der Waals surface area contributed by atoms with Gasteiger partial charge in [0.15, 0.2) is 15.6 Å². The molecular weight excluding hydrogens is 374 g/mol. The Labute approximate surface area is 165 Å². The quantitative estimate of drug-likeness (QED) is 0.799. The zero-order valence-corrected chi connectivity index (χ0v) is 16.5. The summed E-state index contributed by atoms with van der Waals surface area (Å²) in [6.07, 6.45) is 0.995. The Morgan fingerprint density at radius 1 is 1.04 bits per heavy atom. The monoisotopic (exact) mass is 399 g/mol. The van der Waals surface area contributed by atoms with E-state index in [2.05, 4.69) is 4.90 Å². The third-order valence-corrected chi connectivity index (χ3v) is 7.90. The Morgan fingerprint density at radius 3 is 2.29 bits per heavy atom. The Balaban J connectivity index is 1.67. The van der Waals surface area contributed by atoms with Gasteiger partial charge in [-0.05, 0) is 18.4 Å². The summed E-state index contributed by atoms with van der Waals surface area (Å²) < 4.78 is 23.9. The Bertz CT molecular complexity index is 945. The van der Waals surface area contributed by atoms with Crippen LogP contribution in [0.1, 0.15) is 28.8 Å². The van der Waals surface area contributed by atoms with E-state index in [1.165, 1.54) is 0 Å². The van der Waals surface area contributed by atoms with Gasteiger partial charge < -0.3 is 5.11 Å². The van der Waals surface area contributed by atoms with Crippen LogP contribution < -0.4 is 0 Å². The Hall–Kier alpha value is -2.02. The van der Waals surface area contributed by atoms with Crippen LogP contribution in [0.3, 0.4) is 0 Å². The zero-order valence-electron chi connectivity index (χ0n) is 15.7. The van der Waals surface area contributed by atoms with E-state index in [0.29, 0.717) is 31.5 Å². The first-order valence-electron chi connectivity index (χ1n) is 9.71. The highest BCUT2D eigenvalue weighted by atomic mass is 32.2. The first kappa shape index (κ1) is 19.3. The van der Waals surface area contributed by atoms with E-state index in [1.54, 1.807) is 12.1 Å². The number of ketones is 1. The van der Waals surface area contributed by atoms with Crippen LogP contribution in [-0.2, 0) is 15.4 Å². The number of carbonyl (C=O) groups is 1. The highest BCUT2D eigenvalue weighted by Gasteiger charge is 2.48. The SMILES string of the molecule is O=C(c1ccccc1)[C@@H]1CN([C@@H]2CCS(=O)(=O)C2)CC[C@@]1(O)c1ccccc1. The molecule has 2 aromatic rings. The van der Waals surface area contributed by atoms with E-state index in [-0.39, 0.29) is 23.3 Å². The van der Waals surface area contributed by atoms with Crippen LogP contribution in [0.25, 0.3) is 0 Å². The van der Waals surface area contributed by atoms with Gasteiger partial charge in [-0.15, -0.1) is 0 Å². The first-order chi connectivity index (χ1) is 13.4. The highest BCUT2D eigenvalue weighted by Crippen LogP contribution is 2.40. The summed E-state index contributed by atoms with van der Waals surface area (Å²) in [5.41, 5.74) is 0.0491. The standard InChI is InChI=1S/C22H25NO4S/c24-21(17-7-3-1-4-8-17)20-15-23(19-11-14-28(26,27)16-19)13-12-22(20,25)18-9-5-2-6-10-18/h1-10,19-20,25H,11-16H2/t19-,20+,22-/m1/s1. The molecule has 2 saturated heterocycles. The van der Waals surface area contributed by atoms with E-state index in [1.807, 2.05) is 48.5 Å². The maximum absolute atomic E-state index is 13.4.